The Labute approximate surface area is 83.0 Å². The van der Waals surface area contributed by atoms with Gasteiger partial charge in [0.05, 0.1) is 0 Å². The molecule has 1 nitrogen and oxygen atoms in total. The second kappa shape index (κ2) is 4.24. The molecular formula is C11H11ClO. The molecule has 13 heavy (non-hydrogen) atoms. The molecule has 68 valence electrons. The van der Waals surface area contributed by atoms with Crippen molar-refractivity contribution < 1.29 is 4.79 Å². The number of Topliss-reactive ketones (excluding diaryl/α,β-unsaturated/α-hetero) is 1. The van der Waals surface area contributed by atoms with E-state index in [0.29, 0.717) is 10.6 Å². The quantitative estimate of drug-likeness (QED) is 0.533. The molecule has 0 amide bonds. The Morgan fingerprint density at radius 2 is 2.00 bits per heavy atom. The van der Waals surface area contributed by atoms with Gasteiger partial charge in [-0.1, -0.05) is 24.6 Å². The Kier molecular flexibility index (Phi) is 3.26. The molecule has 1 aromatic rings. The highest BCUT2D eigenvalue weighted by Gasteiger charge is 2.10. The lowest BCUT2D eigenvalue weighted by Crippen LogP contribution is -2.07. The Morgan fingerprint density at radius 3 is 2.46 bits per heavy atom. The summed E-state index contributed by atoms with van der Waals surface area (Å²) in [6.07, 6.45) is 1.64. The van der Waals surface area contributed by atoms with Crippen LogP contribution in [-0.2, 0) is 0 Å². The molecule has 1 rings (SSSR count). The molecule has 1 aromatic carbocycles. The van der Waals surface area contributed by atoms with E-state index in [2.05, 4.69) is 6.58 Å². The second-order valence-electron chi connectivity index (χ2n) is 2.90. The van der Waals surface area contributed by atoms with E-state index in [4.69, 9.17) is 11.6 Å². The highest BCUT2D eigenvalue weighted by molar-refractivity contribution is 6.30. The summed E-state index contributed by atoms with van der Waals surface area (Å²) in [5, 5.41) is 0.641. The summed E-state index contributed by atoms with van der Waals surface area (Å²) in [4.78, 5) is 11.6. The van der Waals surface area contributed by atoms with Crippen molar-refractivity contribution in [1.29, 1.82) is 0 Å². The fraction of sp³-hybridized carbons (Fsp3) is 0.182. The van der Waals surface area contributed by atoms with E-state index in [-0.39, 0.29) is 11.7 Å². The minimum absolute atomic E-state index is 0.0756. The normalized spacial score (nSPS) is 12.2. The number of allylic oxidation sites excluding steroid dienone is 1. The Bertz CT molecular complexity index is 313. The van der Waals surface area contributed by atoms with Crippen molar-refractivity contribution in [1.82, 2.24) is 0 Å². The third-order valence-electron chi connectivity index (χ3n) is 1.90. The molecular weight excluding hydrogens is 184 g/mol. The largest absolute Gasteiger partial charge is 0.294 e. The van der Waals surface area contributed by atoms with Crippen molar-refractivity contribution in [3.63, 3.8) is 0 Å². The maximum atomic E-state index is 11.6. The number of carbonyl (C=O) groups is 1. The average molecular weight is 195 g/mol. The van der Waals surface area contributed by atoms with Crippen LogP contribution in [-0.4, -0.2) is 5.78 Å². The van der Waals surface area contributed by atoms with Crippen LogP contribution in [0.5, 0.6) is 0 Å². The number of benzene rings is 1. The van der Waals surface area contributed by atoms with E-state index in [9.17, 15) is 4.79 Å². The van der Waals surface area contributed by atoms with Gasteiger partial charge in [0.2, 0.25) is 0 Å². The monoisotopic (exact) mass is 194 g/mol. The van der Waals surface area contributed by atoms with E-state index in [1.807, 2.05) is 6.92 Å². The zero-order valence-electron chi connectivity index (χ0n) is 7.46. The molecule has 0 aromatic heterocycles. The van der Waals surface area contributed by atoms with Crippen LogP contribution in [0.4, 0.5) is 0 Å². The zero-order chi connectivity index (χ0) is 9.84. The molecule has 0 aliphatic heterocycles. The van der Waals surface area contributed by atoms with Crippen LogP contribution in [0.3, 0.4) is 0 Å². The van der Waals surface area contributed by atoms with Crippen molar-refractivity contribution in [2.45, 2.75) is 6.92 Å². The van der Waals surface area contributed by atoms with Gasteiger partial charge >= 0.3 is 0 Å². The van der Waals surface area contributed by atoms with Crippen molar-refractivity contribution >= 4 is 17.4 Å². The van der Waals surface area contributed by atoms with Crippen LogP contribution < -0.4 is 0 Å². The third kappa shape index (κ3) is 2.43. The van der Waals surface area contributed by atoms with E-state index in [0.717, 1.165) is 0 Å². The van der Waals surface area contributed by atoms with Gasteiger partial charge in [0.25, 0.3) is 0 Å². The topological polar surface area (TPSA) is 17.1 Å². The predicted molar refractivity (Wildman–Crippen MR) is 55.1 cm³/mol. The maximum absolute atomic E-state index is 11.6. The molecule has 2 heteroatoms. The summed E-state index contributed by atoms with van der Waals surface area (Å²) in [5.74, 6) is -0.0622. The molecule has 0 fully saturated rings. The van der Waals surface area contributed by atoms with E-state index in [1.165, 1.54) is 0 Å². The molecule has 1 unspecified atom stereocenters. The average Bonchev–Trinajstić information content (AvgIpc) is 2.17. The molecule has 0 N–H and O–H groups in total. The summed E-state index contributed by atoms with van der Waals surface area (Å²) in [7, 11) is 0. The minimum atomic E-state index is -0.138. The van der Waals surface area contributed by atoms with Crippen LogP contribution in [0.15, 0.2) is 36.9 Å². The van der Waals surface area contributed by atoms with Gasteiger partial charge in [-0.25, -0.2) is 0 Å². The molecule has 0 radical (unpaired) electrons. The molecule has 0 spiro atoms. The van der Waals surface area contributed by atoms with Crippen LogP contribution in [0.2, 0.25) is 5.02 Å². The number of rotatable bonds is 3. The lowest BCUT2D eigenvalue weighted by molar-refractivity contribution is 0.0953. The van der Waals surface area contributed by atoms with Gasteiger partial charge in [0.1, 0.15) is 0 Å². The minimum Gasteiger partial charge on any atom is -0.294 e. The second-order valence-corrected chi connectivity index (χ2v) is 3.33. The first kappa shape index (κ1) is 10.0. The summed E-state index contributed by atoms with van der Waals surface area (Å²) < 4.78 is 0. The lowest BCUT2D eigenvalue weighted by atomic mass is 10.00. The van der Waals surface area contributed by atoms with Gasteiger partial charge in [-0.2, -0.15) is 0 Å². The van der Waals surface area contributed by atoms with Gasteiger partial charge in [-0.3, -0.25) is 4.79 Å². The van der Waals surface area contributed by atoms with Crippen molar-refractivity contribution in [2.24, 2.45) is 5.92 Å². The first-order chi connectivity index (χ1) is 6.15. The molecule has 0 aliphatic rings. The Morgan fingerprint density at radius 1 is 1.46 bits per heavy atom. The summed E-state index contributed by atoms with van der Waals surface area (Å²) in [5.41, 5.74) is 0.678. The van der Waals surface area contributed by atoms with Crippen LogP contribution in [0, 0.1) is 5.92 Å². The van der Waals surface area contributed by atoms with Crippen LogP contribution in [0.25, 0.3) is 0 Å². The number of ketones is 1. The first-order valence-corrected chi connectivity index (χ1v) is 4.45. The van der Waals surface area contributed by atoms with Crippen LogP contribution in [0.1, 0.15) is 17.3 Å². The van der Waals surface area contributed by atoms with Crippen LogP contribution >= 0.6 is 11.6 Å². The maximum Gasteiger partial charge on any atom is 0.169 e. The van der Waals surface area contributed by atoms with Gasteiger partial charge < -0.3 is 0 Å². The van der Waals surface area contributed by atoms with E-state index < -0.39 is 0 Å². The fourth-order valence-electron chi connectivity index (χ4n) is 0.984. The number of carbonyl (C=O) groups excluding carboxylic acids is 1. The molecule has 0 saturated carbocycles. The molecule has 0 saturated heterocycles. The summed E-state index contributed by atoms with van der Waals surface area (Å²) in [6, 6.07) is 6.88. The molecule has 0 aliphatic carbocycles. The fourth-order valence-corrected chi connectivity index (χ4v) is 1.11. The molecule has 1 atom stereocenters. The highest BCUT2D eigenvalue weighted by Crippen LogP contribution is 2.13. The third-order valence-corrected chi connectivity index (χ3v) is 2.15. The smallest absolute Gasteiger partial charge is 0.169 e. The number of hydrogen-bond acceptors (Lipinski definition) is 1. The van der Waals surface area contributed by atoms with Gasteiger partial charge in [0.15, 0.2) is 5.78 Å². The van der Waals surface area contributed by atoms with Crippen molar-refractivity contribution in [2.75, 3.05) is 0 Å². The molecule has 0 heterocycles. The van der Waals surface area contributed by atoms with E-state index >= 15 is 0 Å². The predicted octanol–water partition coefficient (Wildman–Crippen LogP) is 3.34. The van der Waals surface area contributed by atoms with Crippen molar-refractivity contribution in [3.8, 4) is 0 Å². The summed E-state index contributed by atoms with van der Waals surface area (Å²) in [6.45, 7) is 5.40. The lowest BCUT2D eigenvalue weighted by Gasteiger charge is -2.04. The highest BCUT2D eigenvalue weighted by atomic mass is 35.5. The van der Waals surface area contributed by atoms with Gasteiger partial charge in [-0.15, -0.1) is 6.58 Å². The Hall–Kier alpha value is -1.08. The standard InChI is InChI=1S/C11H11ClO/c1-3-8(2)11(13)9-4-6-10(12)7-5-9/h3-8H,1H2,2H3. The van der Waals surface area contributed by atoms with Crippen molar-refractivity contribution in [3.05, 3.63) is 47.5 Å². The first-order valence-electron chi connectivity index (χ1n) is 4.07. The number of hydrogen-bond donors (Lipinski definition) is 0. The SMILES string of the molecule is C=CC(C)C(=O)c1ccc(Cl)cc1. The van der Waals surface area contributed by atoms with E-state index in [1.54, 1.807) is 30.3 Å². The zero-order valence-corrected chi connectivity index (χ0v) is 8.21. The number of halogens is 1. The van der Waals surface area contributed by atoms with Gasteiger partial charge in [0, 0.05) is 16.5 Å². The molecule has 0 bridgehead atoms. The summed E-state index contributed by atoms with van der Waals surface area (Å²) >= 11 is 5.70. The van der Waals surface area contributed by atoms with Gasteiger partial charge in [-0.05, 0) is 24.3 Å². The Balaban J connectivity index is 2.89.